The first-order valence-corrected chi connectivity index (χ1v) is 4.90. The minimum absolute atomic E-state index is 0.0236. The lowest BCUT2D eigenvalue weighted by molar-refractivity contribution is 0.806. The van der Waals surface area contributed by atoms with Crippen molar-refractivity contribution in [3.63, 3.8) is 0 Å². The van der Waals surface area contributed by atoms with Crippen molar-refractivity contribution in [1.82, 2.24) is 14.5 Å². The van der Waals surface area contributed by atoms with Gasteiger partial charge >= 0.3 is 0 Å². The molecular formula is C11H14N4. The summed E-state index contributed by atoms with van der Waals surface area (Å²) >= 11 is 0. The molecule has 2 rings (SSSR count). The van der Waals surface area contributed by atoms with Gasteiger partial charge in [-0.3, -0.25) is 4.57 Å². The summed E-state index contributed by atoms with van der Waals surface area (Å²) in [4.78, 5) is 8.50. The van der Waals surface area contributed by atoms with Gasteiger partial charge in [0.05, 0.1) is 0 Å². The molecule has 2 aromatic heterocycles. The fourth-order valence-corrected chi connectivity index (χ4v) is 1.43. The highest BCUT2D eigenvalue weighted by molar-refractivity contribution is 5.28. The zero-order valence-electron chi connectivity index (χ0n) is 8.88. The molecule has 0 spiro atoms. The highest BCUT2D eigenvalue weighted by Gasteiger charge is 2.03. The first kappa shape index (κ1) is 9.86. The van der Waals surface area contributed by atoms with Crippen LogP contribution >= 0.6 is 0 Å². The number of rotatable bonds is 2. The van der Waals surface area contributed by atoms with Gasteiger partial charge in [0.1, 0.15) is 11.6 Å². The summed E-state index contributed by atoms with van der Waals surface area (Å²) < 4.78 is 1.94. The van der Waals surface area contributed by atoms with Crippen LogP contribution in [-0.4, -0.2) is 14.5 Å². The van der Waals surface area contributed by atoms with Gasteiger partial charge in [-0.25, -0.2) is 9.97 Å². The van der Waals surface area contributed by atoms with E-state index >= 15 is 0 Å². The first-order valence-electron chi connectivity index (χ1n) is 4.90. The summed E-state index contributed by atoms with van der Waals surface area (Å²) in [5.41, 5.74) is 6.79. The average molecular weight is 202 g/mol. The first-order chi connectivity index (χ1) is 7.18. The second-order valence-electron chi connectivity index (χ2n) is 3.58. The Morgan fingerprint density at radius 3 is 2.60 bits per heavy atom. The van der Waals surface area contributed by atoms with Gasteiger partial charge < -0.3 is 5.73 Å². The molecule has 0 aromatic carbocycles. The number of hydrogen-bond donors (Lipinski definition) is 1. The molecule has 0 saturated heterocycles. The molecule has 0 saturated carbocycles. The minimum atomic E-state index is 0.0236. The molecule has 0 aliphatic heterocycles. The molecule has 2 N–H and O–H groups in total. The van der Waals surface area contributed by atoms with Crippen LogP contribution in [0.3, 0.4) is 0 Å². The van der Waals surface area contributed by atoms with Gasteiger partial charge in [-0.1, -0.05) is 6.07 Å². The third kappa shape index (κ3) is 1.89. The zero-order chi connectivity index (χ0) is 10.8. The Hall–Kier alpha value is -1.68. The van der Waals surface area contributed by atoms with Crippen LogP contribution in [0.25, 0.3) is 5.82 Å². The summed E-state index contributed by atoms with van der Waals surface area (Å²) in [6.45, 7) is 3.89. The fraction of sp³-hybridized carbons (Fsp3) is 0.273. The van der Waals surface area contributed by atoms with E-state index in [0.717, 1.165) is 17.2 Å². The Balaban J connectivity index is 2.36. The van der Waals surface area contributed by atoms with Crippen molar-refractivity contribution in [3.05, 3.63) is 42.1 Å². The minimum Gasteiger partial charge on any atom is -0.324 e. The Morgan fingerprint density at radius 2 is 2.13 bits per heavy atom. The van der Waals surface area contributed by atoms with E-state index in [0.29, 0.717) is 0 Å². The highest BCUT2D eigenvalue weighted by atomic mass is 15.1. The van der Waals surface area contributed by atoms with Crippen LogP contribution in [0.2, 0.25) is 0 Å². The second-order valence-corrected chi connectivity index (χ2v) is 3.58. The van der Waals surface area contributed by atoms with E-state index in [1.807, 2.05) is 36.7 Å². The van der Waals surface area contributed by atoms with Crippen LogP contribution < -0.4 is 5.73 Å². The second kappa shape index (κ2) is 3.82. The van der Waals surface area contributed by atoms with Crippen molar-refractivity contribution >= 4 is 0 Å². The zero-order valence-corrected chi connectivity index (χ0v) is 8.88. The van der Waals surface area contributed by atoms with Gasteiger partial charge in [0.15, 0.2) is 0 Å². The fourth-order valence-electron chi connectivity index (χ4n) is 1.43. The maximum absolute atomic E-state index is 5.75. The van der Waals surface area contributed by atoms with E-state index in [9.17, 15) is 0 Å². The topological polar surface area (TPSA) is 56.7 Å². The molecule has 0 aliphatic carbocycles. The number of aromatic nitrogens is 3. The van der Waals surface area contributed by atoms with Gasteiger partial charge in [0.25, 0.3) is 0 Å². The van der Waals surface area contributed by atoms with Crippen LogP contribution in [0, 0.1) is 6.92 Å². The molecule has 0 radical (unpaired) electrons. The van der Waals surface area contributed by atoms with Crippen molar-refractivity contribution < 1.29 is 0 Å². The van der Waals surface area contributed by atoms with Gasteiger partial charge in [-0.2, -0.15) is 0 Å². The van der Waals surface area contributed by atoms with E-state index in [2.05, 4.69) is 9.97 Å². The average Bonchev–Trinajstić information content (AvgIpc) is 2.65. The van der Waals surface area contributed by atoms with Gasteiger partial charge in [0, 0.05) is 24.6 Å². The lowest BCUT2D eigenvalue weighted by atomic mass is 10.1. The molecule has 0 unspecified atom stereocenters. The third-order valence-electron chi connectivity index (χ3n) is 2.37. The van der Waals surface area contributed by atoms with Crippen LogP contribution in [0.15, 0.2) is 30.7 Å². The summed E-state index contributed by atoms with van der Waals surface area (Å²) in [5.74, 6) is 1.80. The molecule has 2 aromatic rings. The predicted octanol–water partition coefficient (Wildman–Crippen LogP) is 1.60. The SMILES string of the molecule is Cc1nccn1-c1ccc([C@H](C)N)cn1. The molecule has 1 atom stereocenters. The van der Waals surface area contributed by atoms with Crippen molar-refractivity contribution in [2.24, 2.45) is 5.73 Å². The molecule has 2 heterocycles. The van der Waals surface area contributed by atoms with Crippen LogP contribution in [0.1, 0.15) is 24.4 Å². The maximum atomic E-state index is 5.75. The van der Waals surface area contributed by atoms with E-state index in [4.69, 9.17) is 5.73 Å². The van der Waals surface area contributed by atoms with Crippen LogP contribution in [0.5, 0.6) is 0 Å². The summed E-state index contributed by atoms with van der Waals surface area (Å²) in [7, 11) is 0. The number of hydrogen-bond acceptors (Lipinski definition) is 3. The van der Waals surface area contributed by atoms with E-state index in [1.54, 1.807) is 12.4 Å². The standard InChI is InChI=1S/C11H14N4/c1-8(12)10-3-4-11(14-7-10)15-6-5-13-9(15)2/h3-8H,12H2,1-2H3/t8-/m0/s1. The highest BCUT2D eigenvalue weighted by Crippen LogP contribution is 2.11. The molecule has 4 nitrogen and oxygen atoms in total. The number of pyridine rings is 1. The van der Waals surface area contributed by atoms with Crippen molar-refractivity contribution in [1.29, 1.82) is 0 Å². The van der Waals surface area contributed by atoms with Crippen molar-refractivity contribution in [2.75, 3.05) is 0 Å². The van der Waals surface area contributed by atoms with E-state index < -0.39 is 0 Å². The molecule has 0 bridgehead atoms. The molecule has 4 heteroatoms. The number of imidazole rings is 1. The number of nitrogens with zero attached hydrogens (tertiary/aromatic N) is 3. The maximum Gasteiger partial charge on any atom is 0.137 e. The molecule has 78 valence electrons. The van der Waals surface area contributed by atoms with Crippen molar-refractivity contribution in [2.45, 2.75) is 19.9 Å². The summed E-state index contributed by atoms with van der Waals surface area (Å²) in [5, 5.41) is 0. The number of nitrogens with two attached hydrogens (primary N) is 1. The Morgan fingerprint density at radius 1 is 1.33 bits per heavy atom. The smallest absolute Gasteiger partial charge is 0.137 e. The Kier molecular flexibility index (Phi) is 2.51. The van der Waals surface area contributed by atoms with Crippen molar-refractivity contribution in [3.8, 4) is 5.82 Å². The third-order valence-corrected chi connectivity index (χ3v) is 2.37. The molecular weight excluding hydrogens is 188 g/mol. The van der Waals surface area contributed by atoms with Crippen LogP contribution in [-0.2, 0) is 0 Å². The Bertz CT molecular complexity index is 442. The molecule has 15 heavy (non-hydrogen) atoms. The Labute approximate surface area is 88.8 Å². The van der Waals surface area contributed by atoms with Gasteiger partial charge in [-0.05, 0) is 25.5 Å². The van der Waals surface area contributed by atoms with Gasteiger partial charge in [-0.15, -0.1) is 0 Å². The van der Waals surface area contributed by atoms with E-state index in [1.165, 1.54) is 0 Å². The molecule has 0 aliphatic rings. The van der Waals surface area contributed by atoms with Gasteiger partial charge in [0.2, 0.25) is 0 Å². The van der Waals surface area contributed by atoms with Crippen LogP contribution in [0.4, 0.5) is 0 Å². The normalized spacial score (nSPS) is 12.7. The summed E-state index contributed by atoms with van der Waals surface area (Å²) in [6, 6.07) is 3.97. The molecule has 0 fully saturated rings. The lowest BCUT2D eigenvalue weighted by Gasteiger charge is -2.07. The lowest BCUT2D eigenvalue weighted by Crippen LogP contribution is -2.06. The quantitative estimate of drug-likeness (QED) is 0.804. The summed E-state index contributed by atoms with van der Waals surface area (Å²) in [6.07, 6.45) is 5.46. The predicted molar refractivity (Wildman–Crippen MR) is 58.7 cm³/mol. The van der Waals surface area contributed by atoms with E-state index in [-0.39, 0.29) is 6.04 Å². The molecule has 0 amide bonds. The monoisotopic (exact) mass is 202 g/mol. The number of aryl methyl sites for hydroxylation is 1. The largest absolute Gasteiger partial charge is 0.324 e.